The Labute approximate surface area is 118 Å². The predicted molar refractivity (Wildman–Crippen MR) is 82.1 cm³/mol. The summed E-state index contributed by atoms with van der Waals surface area (Å²) in [5.41, 5.74) is 2.95. The predicted octanol–water partition coefficient (Wildman–Crippen LogP) is 3.42. The first-order chi connectivity index (χ1) is 9.22. The van der Waals surface area contributed by atoms with E-state index < -0.39 is 0 Å². The quantitative estimate of drug-likeness (QED) is 0.843. The van der Waals surface area contributed by atoms with E-state index in [1.54, 1.807) is 0 Å². The third kappa shape index (κ3) is 3.80. The van der Waals surface area contributed by atoms with Crippen molar-refractivity contribution in [2.45, 2.75) is 52.7 Å². The molecule has 0 amide bonds. The summed E-state index contributed by atoms with van der Waals surface area (Å²) in [4.78, 5) is 2.68. The molecule has 0 saturated carbocycles. The Morgan fingerprint density at radius 3 is 2.68 bits per heavy atom. The van der Waals surface area contributed by atoms with Gasteiger partial charge < -0.3 is 5.32 Å². The van der Waals surface area contributed by atoms with E-state index in [2.05, 4.69) is 55.3 Å². The highest BCUT2D eigenvalue weighted by molar-refractivity contribution is 5.27. The highest BCUT2D eigenvalue weighted by atomic mass is 15.2. The van der Waals surface area contributed by atoms with Gasteiger partial charge in [-0.25, -0.2) is 0 Å². The minimum Gasteiger partial charge on any atom is -0.313 e. The third-order valence-electron chi connectivity index (χ3n) is 4.24. The van der Waals surface area contributed by atoms with Crippen molar-refractivity contribution in [3.63, 3.8) is 0 Å². The van der Waals surface area contributed by atoms with Crippen LogP contribution < -0.4 is 5.32 Å². The van der Waals surface area contributed by atoms with Gasteiger partial charge in [0.1, 0.15) is 0 Å². The Bertz CT molecular complexity index is 387. The smallest absolute Gasteiger partial charge is 0.0240 e. The van der Waals surface area contributed by atoms with Gasteiger partial charge in [-0.1, -0.05) is 45.0 Å². The lowest BCUT2D eigenvalue weighted by molar-refractivity contribution is 0.198. The number of benzene rings is 1. The van der Waals surface area contributed by atoms with Gasteiger partial charge in [-0.3, -0.25) is 4.90 Å². The molecule has 2 rings (SSSR count). The molecule has 19 heavy (non-hydrogen) atoms. The van der Waals surface area contributed by atoms with Crippen molar-refractivity contribution in [3.8, 4) is 0 Å². The number of nitrogens with one attached hydrogen (secondary N) is 1. The summed E-state index contributed by atoms with van der Waals surface area (Å²) in [5, 5.41) is 3.45. The zero-order valence-electron chi connectivity index (χ0n) is 12.7. The number of nitrogens with zero attached hydrogens (tertiary/aromatic N) is 1. The fourth-order valence-electron chi connectivity index (χ4n) is 3.17. The molecule has 0 spiro atoms. The second-order valence-electron chi connectivity index (χ2n) is 5.97. The Morgan fingerprint density at radius 2 is 2.00 bits per heavy atom. The van der Waals surface area contributed by atoms with Crippen molar-refractivity contribution in [1.29, 1.82) is 0 Å². The van der Waals surface area contributed by atoms with Gasteiger partial charge in [0.05, 0.1) is 0 Å². The molecule has 0 aliphatic carbocycles. The zero-order valence-corrected chi connectivity index (χ0v) is 12.7. The molecule has 1 aromatic rings. The number of hydrogen-bond acceptors (Lipinski definition) is 2. The zero-order chi connectivity index (χ0) is 13.7. The van der Waals surface area contributed by atoms with E-state index in [9.17, 15) is 0 Å². The summed E-state index contributed by atoms with van der Waals surface area (Å²) in [6.45, 7) is 11.3. The molecule has 1 atom stereocenters. The van der Waals surface area contributed by atoms with Crippen LogP contribution in [0.2, 0.25) is 0 Å². The van der Waals surface area contributed by atoms with Gasteiger partial charge in [0, 0.05) is 19.1 Å². The fraction of sp³-hybridized carbons (Fsp3) is 0.647. The van der Waals surface area contributed by atoms with Crippen LogP contribution in [0, 0.1) is 5.92 Å². The molecule has 1 fully saturated rings. The Morgan fingerprint density at radius 1 is 1.26 bits per heavy atom. The molecule has 1 aliphatic rings. The summed E-state index contributed by atoms with van der Waals surface area (Å²) in [7, 11) is 0. The Hall–Kier alpha value is -0.860. The average Bonchev–Trinajstić information content (AvgIpc) is 2.86. The number of likely N-dealkylation sites (tertiary alicyclic amines) is 1. The lowest BCUT2D eigenvalue weighted by atomic mass is 10.0. The van der Waals surface area contributed by atoms with Crippen LogP contribution in [0.25, 0.3) is 0 Å². The fourth-order valence-corrected chi connectivity index (χ4v) is 3.17. The van der Waals surface area contributed by atoms with Crippen LogP contribution in [-0.2, 0) is 13.1 Å². The van der Waals surface area contributed by atoms with Crippen molar-refractivity contribution < 1.29 is 0 Å². The second-order valence-corrected chi connectivity index (χ2v) is 5.97. The van der Waals surface area contributed by atoms with E-state index in [4.69, 9.17) is 0 Å². The standard InChI is InChI=1S/C17H28N2/c1-4-18-12-15-8-5-6-9-16(15)13-19-11-7-10-17(19)14(2)3/h5-6,8-9,14,17-18H,4,7,10-13H2,1-3H3. The van der Waals surface area contributed by atoms with E-state index in [0.29, 0.717) is 0 Å². The van der Waals surface area contributed by atoms with Crippen LogP contribution in [-0.4, -0.2) is 24.0 Å². The van der Waals surface area contributed by atoms with E-state index in [1.165, 1.54) is 30.5 Å². The average molecular weight is 260 g/mol. The molecular weight excluding hydrogens is 232 g/mol. The lowest BCUT2D eigenvalue weighted by Crippen LogP contribution is -2.33. The SMILES string of the molecule is CCNCc1ccccc1CN1CCCC1C(C)C. The first-order valence-corrected chi connectivity index (χ1v) is 7.74. The Kier molecular flexibility index (Phi) is 5.41. The molecule has 1 heterocycles. The van der Waals surface area contributed by atoms with Crippen LogP contribution >= 0.6 is 0 Å². The van der Waals surface area contributed by atoms with E-state index in [1.807, 2.05) is 0 Å². The number of hydrogen-bond donors (Lipinski definition) is 1. The molecule has 0 bridgehead atoms. The highest BCUT2D eigenvalue weighted by Gasteiger charge is 2.27. The van der Waals surface area contributed by atoms with Gasteiger partial charge in [0.15, 0.2) is 0 Å². The van der Waals surface area contributed by atoms with Gasteiger partial charge in [-0.05, 0) is 43.0 Å². The van der Waals surface area contributed by atoms with Crippen molar-refractivity contribution in [1.82, 2.24) is 10.2 Å². The van der Waals surface area contributed by atoms with Crippen LogP contribution in [0.4, 0.5) is 0 Å². The van der Waals surface area contributed by atoms with Crippen molar-refractivity contribution in [2.24, 2.45) is 5.92 Å². The molecule has 1 aliphatic heterocycles. The monoisotopic (exact) mass is 260 g/mol. The van der Waals surface area contributed by atoms with Crippen LogP contribution in [0.15, 0.2) is 24.3 Å². The van der Waals surface area contributed by atoms with Crippen LogP contribution in [0.3, 0.4) is 0 Å². The highest BCUT2D eigenvalue weighted by Crippen LogP contribution is 2.26. The summed E-state index contributed by atoms with van der Waals surface area (Å²) < 4.78 is 0. The maximum Gasteiger partial charge on any atom is 0.0240 e. The molecule has 1 unspecified atom stereocenters. The molecule has 106 valence electrons. The topological polar surface area (TPSA) is 15.3 Å². The van der Waals surface area contributed by atoms with E-state index in [-0.39, 0.29) is 0 Å². The maximum atomic E-state index is 3.45. The van der Waals surface area contributed by atoms with Gasteiger partial charge in [0.25, 0.3) is 0 Å². The van der Waals surface area contributed by atoms with E-state index in [0.717, 1.165) is 31.6 Å². The van der Waals surface area contributed by atoms with Crippen LogP contribution in [0.1, 0.15) is 44.7 Å². The van der Waals surface area contributed by atoms with Crippen molar-refractivity contribution in [2.75, 3.05) is 13.1 Å². The van der Waals surface area contributed by atoms with Gasteiger partial charge in [-0.2, -0.15) is 0 Å². The summed E-state index contributed by atoms with van der Waals surface area (Å²) >= 11 is 0. The van der Waals surface area contributed by atoms with Crippen molar-refractivity contribution in [3.05, 3.63) is 35.4 Å². The van der Waals surface area contributed by atoms with Crippen LogP contribution in [0.5, 0.6) is 0 Å². The lowest BCUT2D eigenvalue weighted by Gasteiger charge is -2.28. The largest absolute Gasteiger partial charge is 0.313 e. The first-order valence-electron chi connectivity index (χ1n) is 7.74. The van der Waals surface area contributed by atoms with Gasteiger partial charge >= 0.3 is 0 Å². The molecule has 1 saturated heterocycles. The molecule has 0 aromatic heterocycles. The Balaban J connectivity index is 2.05. The summed E-state index contributed by atoms with van der Waals surface area (Å²) in [6.07, 6.45) is 2.73. The van der Waals surface area contributed by atoms with E-state index >= 15 is 0 Å². The summed E-state index contributed by atoms with van der Waals surface area (Å²) in [5.74, 6) is 0.767. The van der Waals surface area contributed by atoms with Crippen molar-refractivity contribution >= 4 is 0 Å². The molecule has 1 N–H and O–H groups in total. The molecule has 1 aromatic carbocycles. The van der Waals surface area contributed by atoms with Gasteiger partial charge in [-0.15, -0.1) is 0 Å². The third-order valence-corrected chi connectivity index (χ3v) is 4.24. The minimum atomic E-state index is 0.767. The molecule has 0 radical (unpaired) electrons. The maximum absolute atomic E-state index is 3.45. The molecule has 2 heteroatoms. The summed E-state index contributed by atoms with van der Waals surface area (Å²) in [6, 6.07) is 9.65. The minimum absolute atomic E-state index is 0.767. The number of rotatable bonds is 6. The van der Waals surface area contributed by atoms with Gasteiger partial charge in [0.2, 0.25) is 0 Å². The molecular formula is C17H28N2. The first kappa shape index (κ1) is 14.5. The molecule has 2 nitrogen and oxygen atoms in total. The normalized spacial score (nSPS) is 20.3. The second kappa shape index (κ2) is 7.06.